The van der Waals surface area contributed by atoms with Gasteiger partial charge in [-0.3, -0.25) is 9.59 Å². The van der Waals surface area contributed by atoms with Gasteiger partial charge in [0, 0.05) is 19.2 Å². The molecule has 7 nitrogen and oxygen atoms in total. The molecule has 0 aliphatic heterocycles. The van der Waals surface area contributed by atoms with Crippen molar-refractivity contribution in [3.05, 3.63) is 71.6 Å². The van der Waals surface area contributed by atoms with Gasteiger partial charge in [0.15, 0.2) is 0 Å². The van der Waals surface area contributed by atoms with E-state index in [2.05, 4.69) is 34.6 Å². The fourth-order valence-electron chi connectivity index (χ4n) is 2.92. The lowest BCUT2D eigenvalue weighted by molar-refractivity contribution is -0.131. The highest BCUT2D eigenvalue weighted by atomic mass is 32.2. The van der Waals surface area contributed by atoms with Crippen LogP contribution in [0.2, 0.25) is 0 Å². The minimum Gasteiger partial charge on any atom is -0.416 e. The van der Waals surface area contributed by atoms with E-state index in [4.69, 9.17) is 4.42 Å². The number of benzene rings is 2. The fourth-order valence-corrected chi connectivity index (χ4v) is 3.64. The SMILES string of the molecule is Cc1ccc(NC(=O)CN(C)C(=O)CSc2nnc(CC(C)c3ccccc3)o2)cc1. The molecule has 0 aliphatic carbocycles. The summed E-state index contributed by atoms with van der Waals surface area (Å²) in [6.45, 7) is 4.05. The maximum absolute atomic E-state index is 12.4. The molecule has 1 aromatic heterocycles. The summed E-state index contributed by atoms with van der Waals surface area (Å²) < 4.78 is 5.67. The van der Waals surface area contributed by atoms with Crippen molar-refractivity contribution in [2.75, 3.05) is 24.7 Å². The van der Waals surface area contributed by atoms with Crippen LogP contribution in [0.4, 0.5) is 5.69 Å². The third-order valence-electron chi connectivity index (χ3n) is 4.76. The van der Waals surface area contributed by atoms with Crippen molar-refractivity contribution < 1.29 is 14.0 Å². The number of likely N-dealkylation sites (N-methyl/N-ethyl adjacent to an activating group) is 1. The second kappa shape index (κ2) is 10.8. The van der Waals surface area contributed by atoms with E-state index >= 15 is 0 Å². The second-order valence-corrected chi connectivity index (χ2v) is 8.36. The van der Waals surface area contributed by atoms with Gasteiger partial charge in [-0.2, -0.15) is 0 Å². The van der Waals surface area contributed by atoms with E-state index in [1.807, 2.05) is 49.4 Å². The molecule has 2 aromatic carbocycles. The number of hydrogen-bond acceptors (Lipinski definition) is 6. The van der Waals surface area contributed by atoms with Crippen LogP contribution in [0, 0.1) is 6.92 Å². The number of carbonyl (C=O) groups is 2. The normalized spacial score (nSPS) is 11.7. The van der Waals surface area contributed by atoms with Crippen molar-refractivity contribution in [1.29, 1.82) is 0 Å². The van der Waals surface area contributed by atoms with E-state index in [0.29, 0.717) is 23.2 Å². The summed E-state index contributed by atoms with van der Waals surface area (Å²) in [5.41, 5.74) is 3.02. The standard InChI is InChI=1S/C23H26N4O3S/c1-16-9-11-19(12-10-16)24-20(28)14-27(3)22(29)15-31-23-26-25-21(30-23)13-17(2)18-7-5-4-6-8-18/h4-12,17H,13-15H2,1-3H3,(H,24,28). The van der Waals surface area contributed by atoms with Crippen LogP contribution in [0.15, 0.2) is 64.2 Å². The first kappa shape index (κ1) is 22.6. The number of hydrogen-bond donors (Lipinski definition) is 1. The van der Waals surface area contributed by atoms with Crippen LogP contribution in [-0.2, 0) is 16.0 Å². The van der Waals surface area contributed by atoms with E-state index in [1.54, 1.807) is 7.05 Å². The maximum Gasteiger partial charge on any atom is 0.277 e. The zero-order chi connectivity index (χ0) is 22.2. The largest absolute Gasteiger partial charge is 0.416 e. The van der Waals surface area contributed by atoms with Crippen molar-refractivity contribution in [3.8, 4) is 0 Å². The van der Waals surface area contributed by atoms with Gasteiger partial charge in [0.25, 0.3) is 5.22 Å². The molecule has 0 saturated heterocycles. The van der Waals surface area contributed by atoms with E-state index in [9.17, 15) is 9.59 Å². The number of nitrogens with zero attached hydrogens (tertiary/aromatic N) is 3. The molecule has 0 spiro atoms. The van der Waals surface area contributed by atoms with Crippen LogP contribution in [0.5, 0.6) is 0 Å². The summed E-state index contributed by atoms with van der Waals surface area (Å²) in [5, 5.41) is 11.2. The number of aromatic nitrogens is 2. The number of rotatable bonds is 9. The lowest BCUT2D eigenvalue weighted by Gasteiger charge is -2.16. The van der Waals surface area contributed by atoms with Gasteiger partial charge in [-0.15, -0.1) is 10.2 Å². The Kier molecular flexibility index (Phi) is 7.83. The zero-order valence-corrected chi connectivity index (χ0v) is 18.7. The van der Waals surface area contributed by atoms with Gasteiger partial charge in [-0.1, -0.05) is 66.7 Å². The molecule has 3 rings (SSSR count). The van der Waals surface area contributed by atoms with Crippen molar-refractivity contribution in [2.24, 2.45) is 0 Å². The Hall–Kier alpha value is -3.13. The van der Waals surface area contributed by atoms with Crippen molar-refractivity contribution >= 4 is 29.3 Å². The zero-order valence-electron chi connectivity index (χ0n) is 17.9. The molecule has 1 atom stereocenters. The number of nitrogens with one attached hydrogen (secondary N) is 1. The molecule has 162 valence electrons. The summed E-state index contributed by atoms with van der Waals surface area (Å²) in [7, 11) is 1.60. The first-order valence-electron chi connectivity index (χ1n) is 10.0. The van der Waals surface area contributed by atoms with Crippen LogP contribution < -0.4 is 5.32 Å². The van der Waals surface area contributed by atoms with Gasteiger partial charge in [0.05, 0.1) is 12.3 Å². The van der Waals surface area contributed by atoms with Crippen LogP contribution in [0.1, 0.15) is 29.9 Å². The Morgan fingerprint density at radius 2 is 1.81 bits per heavy atom. The average molecular weight is 439 g/mol. The quantitative estimate of drug-likeness (QED) is 0.510. The number of aryl methyl sites for hydroxylation is 1. The van der Waals surface area contributed by atoms with E-state index in [1.165, 1.54) is 22.2 Å². The molecule has 0 aliphatic rings. The number of amides is 2. The van der Waals surface area contributed by atoms with Gasteiger partial charge in [-0.25, -0.2) is 0 Å². The Bertz CT molecular complexity index is 1010. The highest BCUT2D eigenvalue weighted by Gasteiger charge is 2.17. The number of thioether (sulfide) groups is 1. The molecule has 1 N–H and O–H groups in total. The Labute approximate surface area is 186 Å². The van der Waals surface area contributed by atoms with Gasteiger partial charge in [0.2, 0.25) is 17.7 Å². The summed E-state index contributed by atoms with van der Waals surface area (Å²) in [6.07, 6.45) is 0.630. The lowest BCUT2D eigenvalue weighted by Crippen LogP contribution is -2.35. The number of carbonyl (C=O) groups excluding carboxylic acids is 2. The predicted molar refractivity (Wildman–Crippen MR) is 121 cm³/mol. The van der Waals surface area contributed by atoms with Crippen LogP contribution in [-0.4, -0.2) is 46.3 Å². The predicted octanol–water partition coefficient (Wildman–Crippen LogP) is 3.91. The molecule has 1 unspecified atom stereocenters. The van der Waals surface area contributed by atoms with Crippen LogP contribution in [0.3, 0.4) is 0 Å². The summed E-state index contributed by atoms with van der Waals surface area (Å²) in [5.74, 6) is 0.460. The van der Waals surface area contributed by atoms with Gasteiger partial charge in [-0.05, 0) is 30.5 Å². The third kappa shape index (κ3) is 6.96. The number of anilines is 1. The van der Waals surface area contributed by atoms with E-state index in [-0.39, 0.29) is 30.0 Å². The second-order valence-electron chi connectivity index (χ2n) is 7.43. The minimum absolute atomic E-state index is 0.0308. The van der Waals surface area contributed by atoms with E-state index < -0.39 is 0 Å². The molecule has 8 heteroatoms. The average Bonchev–Trinajstić information content (AvgIpc) is 3.21. The Morgan fingerprint density at radius 1 is 1.10 bits per heavy atom. The third-order valence-corrected chi connectivity index (χ3v) is 5.56. The minimum atomic E-state index is -0.250. The van der Waals surface area contributed by atoms with E-state index in [0.717, 1.165) is 5.56 Å². The fraction of sp³-hybridized carbons (Fsp3) is 0.304. The molecule has 0 fully saturated rings. The molecule has 3 aromatic rings. The maximum atomic E-state index is 12.4. The molecular weight excluding hydrogens is 412 g/mol. The highest BCUT2D eigenvalue weighted by molar-refractivity contribution is 7.99. The van der Waals surface area contributed by atoms with Gasteiger partial charge < -0.3 is 14.6 Å². The Morgan fingerprint density at radius 3 is 2.52 bits per heavy atom. The molecular formula is C23H26N4O3S. The molecule has 0 saturated carbocycles. The monoisotopic (exact) mass is 438 g/mol. The summed E-state index contributed by atoms with van der Waals surface area (Å²) >= 11 is 1.17. The molecule has 0 bridgehead atoms. The summed E-state index contributed by atoms with van der Waals surface area (Å²) in [6, 6.07) is 17.6. The van der Waals surface area contributed by atoms with Gasteiger partial charge in [0.1, 0.15) is 0 Å². The van der Waals surface area contributed by atoms with Crippen molar-refractivity contribution in [3.63, 3.8) is 0 Å². The van der Waals surface area contributed by atoms with Crippen molar-refractivity contribution in [2.45, 2.75) is 31.4 Å². The van der Waals surface area contributed by atoms with Crippen LogP contribution >= 0.6 is 11.8 Å². The van der Waals surface area contributed by atoms with Crippen molar-refractivity contribution in [1.82, 2.24) is 15.1 Å². The first-order valence-corrected chi connectivity index (χ1v) is 11.0. The molecule has 0 radical (unpaired) electrons. The molecule has 1 heterocycles. The van der Waals surface area contributed by atoms with Crippen LogP contribution in [0.25, 0.3) is 0 Å². The Balaban J connectivity index is 1.43. The topological polar surface area (TPSA) is 88.3 Å². The smallest absolute Gasteiger partial charge is 0.277 e. The first-order chi connectivity index (χ1) is 14.9. The lowest BCUT2D eigenvalue weighted by atomic mass is 9.98. The molecule has 2 amide bonds. The summed E-state index contributed by atoms with van der Waals surface area (Å²) in [4.78, 5) is 25.9. The highest BCUT2D eigenvalue weighted by Crippen LogP contribution is 2.22. The van der Waals surface area contributed by atoms with Gasteiger partial charge >= 0.3 is 0 Å². The molecule has 31 heavy (non-hydrogen) atoms.